The molecular weight excluding hydrogens is 528 g/mol. The first kappa shape index (κ1) is 21.5. The van der Waals surface area contributed by atoms with Crippen LogP contribution in [-0.4, -0.2) is 19.4 Å². The summed E-state index contributed by atoms with van der Waals surface area (Å²) in [7, 11) is 2.03. The van der Waals surface area contributed by atoms with E-state index in [9.17, 15) is 0 Å². The van der Waals surface area contributed by atoms with Crippen molar-refractivity contribution in [3.63, 3.8) is 0 Å². The maximum atomic E-state index is 4.42. The predicted molar refractivity (Wildman–Crippen MR) is 96.7 cm³/mol. The monoisotopic (exact) mass is 549 g/mol. The standard InChI is InChI=1S/C13H18N3S2.CH3I.HI/c1-3-4-5-9-17-13-12(14-18-15-13)11-7-6-8-16(2)10-11;1-2;/h6-8,10H,3-5,9H2,1-2H3;1H3;1H/q+1;;/p-1. The van der Waals surface area contributed by atoms with Gasteiger partial charge in [-0.3, -0.25) is 0 Å². The summed E-state index contributed by atoms with van der Waals surface area (Å²) in [5, 5.41) is 1.07. The Morgan fingerprint density at radius 2 is 2.05 bits per heavy atom. The van der Waals surface area contributed by atoms with E-state index >= 15 is 0 Å². The highest BCUT2D eigenvalue weighted by molar-refractivity contribution is 14.1. The molecule has 0 N–H and O–H groups in total. The number of aryl methyl sites for hydroxylation is 1. The van der Waals surface area contributed by atoms with E-state index in [0.717, 1.165) is 22.0 Å². The second kappa shape index (κ2) is 13.0. The molecule has 0 amide bonds. The highest BCUT2D eigenvalue weighted by atomic mass is 127. The van der Waals surface area contributed by atoms with Crippen molar-refractivity contribution in [2.75, 3.05) is 10.7 Å². The Kier molecular flexibility index (Phi) is 13.3. The van der Waals surface area contributed by atoms with E-state index in [-0.39, 0.29) is 24.0 Å². The number of pyridine rings is 1. The van der Waals surface area contributed by atoms with Crippen molar-refractivity contribution in [3.05, 3.63) is 24.5 Å². The van der Waals surface area contributed by atoms with E-state index in [1.165, 1.54) is 31.0 Å². The lowest BCUT2D eigenvalue weighted by molar-refractivity contribution is -0.671. The Hall–Kier alpha value is 0.520. The quantitative estimate of drug-likeness (QED) is 0.179. The maximum absolute atomic E-state index is 4.42. The molecule has 0 unspecified atom stereocenters. The zero-order valence-corrected chi connectivity index (χ0v) is 18.5. The lowest BCUT2D eigenvalue weighted by atomic mass is 10.2. The summed E-state index contributed by atoms with van der Waals surface area (Å²) in [5.74, 6) is 1.13. The van der Waals surface area contributed by atoms with Crippen LogP contribution in [0.4, 0.5) is 0 Å². The normalized spacial score (nSPS) is 9.52. The highest BCUT2D eigenvalue weighted by Gasteiger charge is 2.13. The topological polar surface area (TPSA) is 29.7 Å². The molecule has 118 valence electrons. The number of hydrogen-bond acceptors (Lipinski definition) is 4. The van der Waals surface area contributed by atoms with Crippen LogP contribution in [-0.2, 0) is 7.05 Å². The van der Waals surface area contributed by atoms with Gasteiger partial charge in [-0.05, 0) is 23.2 Å². The van der Waals surface area contributed by atoms with Crippen LogP contribution < -0.4 is 28.5 Å². The first-order valence-corrected chi connectivity index (χ1v) is 10.5. The van der Waals surface area contributed by atoms with Crippen LogP contribution in [0.3, 0.4) is 0 Å². The molecule has 0 aliphatic rings. The Balaban J connectivity index is 0.00000128. The van der Waals surface area contributed by atoms with Crippen molar-refractivity contribution in [2.24, 2.45) is 7.05 Å². The summed E-state index contributed by atoms with van der Waals surface area (Å²) < 4.78 is 10.9. The molecule has 0 aromatic carbocycles. The van der Waals surface area contributed by atoms with Crippen LogP contribution in [0.25, 0.3) is 11.3 Å². The van der Waals surface area contributed by atoms with Gasteiger partial charge in [0.1, 0.15) is 17.8 Å². The summed E-state index contributed by atoms with van der Waals surface area (Å²) in [6.07, 6.45) is 7.92. The Bertz CT molecular complexity index is 506. The molecule has 0 fully saturated rings. The van der Waals surface area contributed by atoms with Crippen LogP contribution >= 0.6 is 46.1 Å². The van der Waals surface area contributed by atoms with Gasteiger partial charge in [0.05, 0.1) is 17.3 Å². The molecule has 21 heavy (non-hydrogen) atoms. The number of rotatable bonds is 6. The van der Waals surface area contributed by atoms with E-state index < -0.39 is 0 Å². The molecule has 2 aromatic heterocycles. The van der Waals surface area contributed by atoms with E-state index in [1.54, 1.807) is 0 Å². The molecule has 2 heterocycles. The third-order valence-electron chi connectivity index (χ3n) is 2.66. The van der Waals surface area contributed by atoms with Crippen molar-refractivity contribution in [3.8, 4) is 11.3 Å². The minimum atomic E-state index is 0. The zero-order chi connectivity index (χ0) is 14.8. The van der Waals surface area contributed by atoms with Gasteiger partial charge in [-0.1, -0.05) is 42.4 Å². The van der Waals surface area contributed by atoms with Crippen LogP contribution in [0.5, 0.6) is 0 Å². The number of nitrogens with zero attached hydrogens (tertiary/aromatic N) is 3. The molecular formula is C14H21I2N3S2. The summed E-state index contributed by atoms with van der Waals surface area (Å²) in [4.78, 5) is 1.97. The number of alkyl halides is 1. The van der Waals surface area contributed by atoms with Crippen molar-refractivity contribution in [1.82, 2.24) is 8.75 Å². The largest absolute Gasteiger partial charge is 1.00 e. The molecule has 0 saturated heterocycles. The zero-order valence-electron chi connectivity index (χ0n) is 12.6. The molecule has 0 radical (unpaired) electrons. The smallest absolute Gasteiger partial charge is 0.178 e. The lowest BCUT2D eigenvalue weighted by Crippen LogP contribution is -3.00. The van der Waals surface area contributed by atoms with E-state index in [2.05, 4.69) is 50.5 Å². The first-order valence-electron chi connectivity index (χ1n) is 6.60. The first-order chi connectivity index (χ1) is 9.81. The minimum absolute atomic E-state index is 0. The van der Waals surface area contributed by atoms with Crippen LogP contribution in [0.1, 0.15) is 26.2 Å². The van der Waals surface area contributed by atoms with Gasteiger partial charge in [0.15, 0.2) is 12.4 Å². The summed E-state index contributed by atoms with van der Waals surface area (Å²) >= 11 is 5.27. The maximum Gasteiger partial charge on any atom is 0.178 e. The molecule has 3 nitrogen and oxygen atoms in total. The average molecular weight is 549 g/mol. The third-order valence-corrected chi connectivity index (χ3v) is 4.35. The summed E-state index contributed by atoms with van der Waals surface area (Å²) in [5.41, 5.74) is 2.17. The molecule has 7 heteroatoms. The third kappa shape index (κ3) is 7.56. The second-order valence-corrected chi connectivity index (χ2v) is 5.84. The molecule has 0 bridgehead atoms. The molecule has 0 aliphatic heterocycles. The van der Waals surface area contributed by atoms with Crippen molar-refractivity contribution in [2.45, 2.75) is 31.2 Å². The number of thioether (sulfide) groups is 1. The van der Waals surface area contributed by atoms with Gasteiger partial charge in [0.25, 0.3) is 0 Å². The van der Waals surface area contributed by atoms with Gasteiger partial charge < -0.3 is 24.0 Å². The van der Waals surface area contributed by atoms with Gasteiger partial charge in [-0.25, -0.2) is 4.57 Å². The van der Waals surface area contributed by atoms with Gasteiger partial charge in [-0.2, -0.15) is 8.75 Å². The Morgan fingerprint density at radius 1 is 1.29 bits per heavy atom. The highest BCUT2D eigenvalue weighted by Crippen LogP contribution is 2.29. The molecule has 2 rings (SSSR count). The van der Waals surface area contributed by atoms with Crippen LogP contribution in [0.15, 0.2) is 29.6 Å². The number of unbranched alkanes of at least 4 members (excludes halogenated alkanes) is 2. The number of aromatic nitrogens is 3. The predicted octanol–water partition coefficient (Wildman–Crippen LogP) is 1.37. The molecule has 0 spiro atoms. The van der Waals surface area contributed by atoms with Crippen molar-refractivity contribution >= 4 is 46.1 Å². The van der Waals surface area contributed by atoms with Gasteiger partial charge in [0, 0.05) is 6.07 Å². The SMILES string of the molecule is CCCCCSc1nsnc1-c1ccc[n+](C)c1.CI.[I-]. The molecule has 0 aliphatic carbocycles. The van der Waals surface area contributed by atoms with Crippen molar-refractivity contribution in [1.29, 1.82) is 0 Å². The summed E-state index contributed by atoms with van der Waals surface area (Å²) in [6.45, 7) is 2.23. The number of halogens is 2. The summed E-state index contributed by atoms with van der Waals surface area (Å²) in [6, 6.07) is 4.13. The fourth-order valence-corrected chi connectivity index (χ4v) is 3.39. The molecule has 0 atom stereocenters. The molecule has 0 saturated carbocycles. The van der Waals surface area contributed by atoms with Crippen molar-refractivity contribution < 1.29 is 28.5 Å². The van der Waals surface area contributed by atoms with Gasteiger partial charge in [-0.15, -0.1) is 11.8 Å². The van der Waals surface area contributed by atoms with Crippen LogP contribution in [0, 0.1) is 0 Å². The van der Waals surface area contributed by atoms with Gasteiger partial charge >= 0.3 is 0 Å². The van der Waals surface area contributed by atoms with Crippen LogP contribution in [0.2, 0.25) is 0 Å². The Labute approximate surface area is 166 Å². The fourth-order valence-electron chi connectivity index (χ4n) is 1.70. The minimum Gasteiger partial charge on any atom is -1.00 e. The van der Waals surface area contributed by atoms with E-state index in [1.807, 2.05) is 40.6 Å². The second-order valence-electron chi connectivity index (χ2n) is 4.23. The molecule has 2 aromatic rings. The Morgan fingerprint density at radius 3 is 2.71 bits per heavy atom. The average Bonchev–Trinajstić information content (AvgIpc) is 2.94. The fraction of sp³-hybridized carbons (Fsp3) is 0.500. The number of hydrogen-bond donors (Lipinski definition) is 0. The van der Waals surface area contributed by atoms with E-state index in [4.69, 9.17) is 0 Å². The van der Waals surface area contributed by atoms with E-state index in [0.29, 0.717) is 0 Å². The lowest BCUT2D eigenvalue weighted by Gasteiger charge is -2.00. The van der Waals surface area contributed by atoms with Gasteiger partial charge in [0.2, 0.25) is 0 Å².